The highest BCUT2D eigenvalue weighted by Gasteiger charge is 2.37. The summed E-state index contributed by atoms with van der Waals surface area (Å²) in [5.74, 6) is 1.51. The van der Waals surface area contributed by atoms with Gasteiger partial charge in [0.1, 0.15) is 6.04 Å². The number of hydrogen-bond acceptors (Lipinski definition) is 2. The Hall–Kier alpha value is -2.62. The van der Waals surface area contributed by atoms with Gasteiger partial charge in [0.05, 0.1) is 0 Å². The Kier molecular flexibility index (Phi) is 8.20. The third-order valence-electron chi connectivity index (χ3n) is 7.30. The first-order valence-corrected chi connectivity index (χ1v) is 12.8. The van der Waals surface area contributed by atoms with Crippen molar-refractivity contribution < 1.29 is 9.59 Å². The molecule has 1 saturated heterocycles. The molecule has 0 bridgehead atoms. The molecule has 1 N–H and O–H groups in total. The average Bonchev–Trinajstić information content (AvgIpc) is 3.63. The van der Waals surface area contributed by atoms with E-state index in [2.05, 4.69) is 36.5 Å². The van der Waals surface area contributed by atoms with Gasteiger partial charge in [0.25, 0.3) is 5.91 Å². The van der Waals surface area contributed by atoms with E-state index in [1.165, 1.54) is 36.8 Å². The number of unbranched alkanes of at least 4 members (excludes halogenated alkanes) is 2. The highest BCUT2D eigenvalue weighted by molar-refractivity contribution is 5.97. The molecular weight excluding hydrogens is 408 g/mol. The van der Waals surface area contributed by atoms with E-state index in [1.807, 2.05) is 23.1 Å². The minimum atomic E-state index is -0.419. The van der Waals surface area contributed by atoms with Crippen molar-refractivity contribution in [3.8, 4) is 0 Å². The second-order valence-corrected chi connectivity index (χ2v) is 9.93. The van der Waals surface area contributed by atoms with Crippen molar-refractivity contribution >= 4 is 11.8 Å². The number of piperidine rings is 1. The van der Waals surface area contributed by atoms with Crippen LogP contribution in [0.5, 0.6) is 0 Å². The molecule has 1 aliphatic heterocycles. The van der Waals surface area contributed by atoms with Crippen LogP contribution >= 0.6 is 0 Å². The summed E-state index contributed by atoms with van der Waals surface area (Å²) in [6.07, 6.45) is 9.90. The Bertz CT molecular complexity index is 903. The molecule has 0 aromatic heterocycles. The van der Waals surface area contributed by atoms with Gasteiger partial charge >= 0.3 is 0 Å². The molecule has 0 unspecified atom stereocenters. The van der Waals surface area contributed by atoms with Crippen molar-refractivity contribution in [1.82, 2.24) is 10.2 Å². The summed E-state index contributed by atoms with van der Waals surface area (Å²) in [5, 5.41) is 3.05. The van der Waals surface area contributed by atoms with Crippen molar-refractivity contribution in [2.45, 2.75) is 76.7 Å². The second kappa shape index (κ2) is 11.5. The van der Waals surface area contributed by atoms with Gasteiger partial charge in [-0.3, -0.25) is 9.59 Å². The van der Waals surface area contributed by atoms with Crippen LogP contribution in [0.2, 0.25) is 0 Å². The first-order valence-electron chi connectivity index (χ1n) is 12.8. The lowest BCUT2D eigenvalue weighted by Crippen LogP contribution is -2.50. The van der Waals surface area contributed by atoms with Gasteiger partial charge in [-0.2, -0.15) is 0 Å². The fourth-order valence-electron chi connectivity index (χ4n) is 5.14. The summed E-state index contributed by atoms with van der Waals surface area (Å²) in [6.45, 7) is 3.77. The lowest BCUT2D eigenvalue weighted by molar-refractivity contribution is -0.134. The number of nitrogens with one attached hydrogen (secondary N) is 1. The Morgan fingerprint density at radius 1 is 0.939 bits per heavy atom. The van der Waals surface area contributed by atoms with Crippen LogP contribution in [-0.4, -0.2) is 35.8 Å². The summed E-state index contributed by atoms with van der Waals surface area (Å²) >= 11 is 0. The van der Waals surface area contributed by atoms with Crippen LogP contribution in [0, 0.1) is 12.8 Å². The maximum atomic E-state index is 13.2. The van der Waals surface area contributed by atoms with E-state index in [0.717, 1.165) is 57.0 Å². The van der Waals surface area contributed by atoms with Crippen LogP contribution in [0.1, 0.15) is 85.2 Å². The Balaban J connectivity index is 1.24. The van der Waals surface area contributed by atoms with Crippen LogP contribution in [-0.2, 0) is 4.79 Å². The molecule has 4 rings (SSSR count). The fraction of sp³-hybridized carbons (Fsp3) is 0.517. The monoisotopic (exact) mass is 446 g/mol. The largest absolute Gasteiger partial charge is 0.341 e. The normalized spacial score (nSPS) is 20.8. The summed E-state index contributed by atoms with van der Waals surface area (Å²) in [7, 11) is 0. The van der Waals surface area contributed by atoms with E-state index in [-0.39, 0.29) is 11.8 Å². The number of rotatable bonds is 10. The van der Waals surface area contributed by atoms with E-state index in [0.29, 0.717) is 5.56 Å². The minimum absolute atomic E-state index is 0.0978. The minimum Gasteiger partial charge on any atom is -0.341 e. The molecule has 2 aromatic rings. The average molecular weight is 447 g/mol. The van der Waals surface area contributed by atoms with E-state index < -0.39 is 6.04 Å². The molecule has 4 nitrogen and oxygen atoms in total. The van der Waals surface area contributed by atoms with Gasteiger partial charge in [-0.1, -0.05) is 67.3 Å². The molecular formula is C29H38N2O2. The SMILES string of the molecule is Cc1ccc([C@@H]2C[C@H]2CCCCC[C@H](NC(=O)c2ccccc2)C(=O)N2CCCCC2)cc1. The standard InChI is InChI=1S/C29H38N2O2/c1-22-15-17-23(18-16-22)26-21-25(26)13-7-3-8-14-27(29(33)31-19-9-4-10-20-31)30-28(32)24-11-5-2-6-12-24/h2,5-6,11-12,15-18,25-27H,3-4,7-10,13-14,19-21H2,1H3,(H,30,32)/t25-,26+,27+/m1/s1. The molecule has 2 fully saturated rings. The third-order valence-corrected chi connectivity index (χ3v) is 7.30. The number of aryl methyl sites for hydroxylation is 1. The van der Waals surface area contributed by atoms with Gasteiger partial charge in [0.15, 0.2) is 0 Å². The smallest absolute Gasteiger partial charge is 0.251 e. The lowest BCUT2D eigenvalue weighted by Gasteiger charge is -2.31. The molecule has 0 spiro atoms. The van der Waals surface area contributed by atoms with Crippen molar-refractivity contribution in [3.63, 3.8) is 0 Å². The van der Waals surface area contributed by atoms with Gasteiger partial charge in [0, 0.05) is 18.7 Å². The number of carbonyl (C=O) groups excluding carboxylic acids is 2. The molecule has 1 aliphatic carbocycles. The van der Waals surface area contributed by atoms with Gasteiger partial charge in [-0.05, 0) is 75.0 Å². The number of nitrogens with zero attached hydrogens (tertiary/aromatic N) is 1. The summed E-state index contributed by atoms with van der Waals surface area (Å²) in [4.78, 5) is 27.9. The molecule has 4 heteroatoms. The van der Waals surface area contributed by atoms with Crippen molar-refractivity contribution in [2.75, 3.05) is 13.1 Å². The Labute approximate surface area is 198 Å². The molecule has 3 atom stereocenters. The maximum Gasteiger partial charge on any atom is 0.251 e. The van der Waals surface area contributed by atoms with E-state index >= 15 is 0 Å². The van der Waals surface area contributed by atoms with Gasteiger partial charge in [-0.25, -0.2) is 0 Å². The molecule has 1 saturated carbocycles. The number of likely N-dealkylation sites (tertiary alicyclic amines) is 1. The van der Waals surface area contributed by atoms with Crippen molar-refractivity contribution in [2.24, 2.45) is 5.92 Å². The van der Waals surface area contributed by atoms with Gasteiger partial charge in [-0.15, -0.1) is 0 Å². The Morgan fingerprint density at radius 2 is 1.67 bits per heavy atom. The third kappa shape index (κ3) is 6.69. The molecule has 2 aromatic carbocycles. The second-order valence-electron chi connectivity index (χ2n) is 9.93. The number of carbonyl (C=O) groups is 2. The highest BCUT2D eigenvalue weighted by Crippen LogP contribution is 2.50. The fourth-order valence-corrected chi connectivity index (χ4v) is 5.14. The zero-order valence-corrected chi connectivity index (χ0v) is 20.0. The predicted octanol–water partition coefficient (Wildman–Crippen LogP) is 5.86. The first kappa shape index (κ1) is 23.5. The van der Waals surface area contributed by atoms with Crippen molar-refractivity contribution in [1.29, 1.82) is 0 Å². The van der Waals surface area contributed by atoms with Crippen molar-refractivity contribution in [3.05, 3.63) is 71.3 Å². The van der Waals surface area contributed by atoms with Crippen LogP contribution < -0.4 is 5.32 Å². The molecule has 176 valence electrons. The molecule has 2 aliphatic rings. The molecule has 2 amide bonds. The number of benzene rings is 2. The summed E-state index contributed by atoms with van der Waals surface area (Å²) < 4.78 is 0. The topological polar surface area (TPSA) is 49.4 Å². The number of hydrogen-bond donors (Lipinski definition) is 1. The molecule has 0 radical (unpaired) electrons. The van der Waals surface area contributed by atoms with E-state index in [1.54, 1.807) is 12.1 Å². The zero-order valence-electron chi connectivity index (χ0n) is 20.0. The predicted molar refractivity (Wildman–Crippen MR) is 133 cm³/mol. The van der Waals surface area contributed by atoms with E-state index in [4.69, 9.17) is 0 Å². The van der Waals surface area contributed by atoms with E-state index in [9.17, 15) is 9.59 Å². The zero-order chi connectivity index (χ0) is 23.0. The van der Waals surface area contributed by atoms with Crippen LogP contribution in [0.4, 0.5) is 0 Å². The van der Waals surface area contributed by atoms with Gasteiger partial charge in [0.2, 0.25) is 5.91 Å². The molecule has 33 heavy (non-hydrogen) atoms. The van der Waals surface area contributed by atoms with Crippen LogP contribution in [0.3, 0.4) is 0 Å². The van der Waals surface area contributed by atoms with Crippen LogP contribution in [0.25, 0.3) is 0 Å². The summed E-state index contributed by atoms with van der Waals surface area (Å²) in [5.41, 5.74) is 3.43. The summed E-state index contributed by atoms with van der Waals surface area (Å²) in [6, 6.07) is 17.8. The lowest BCUT2D eigenvalue weighted by atomic mass is 10.0. The number of amides is 2. The maximum absolute atomic E-state index is 13.2. The highest BCUT2D eigenvalue weighted by atomic mass is 16.2. The van der Waals surface area contributed by atoms with Gasteiger partial charge < -0.3 is 10.2 Å². The molecule has 1 heterocycles. The van der Waals surface area contributed by atoms with Crippen LogP contribution in [0.15, 0.2) is 54.6 Å². The quantitative estimate of drug-likeness (QED) is 0.465. The Morgan fingerprint density at radius 3 is 2.39 bits per heavy atom. The first-order chi connectivity index (χ1) is 16.1.